The van der Waals surface area contributed by atoms with Gasteiger partial charge in [0.1, 0.15) is 0 Å². The molecule has 5 nitrogen and oxygen atoms in total. The van der Waals surface area contributed by atoms with Gasteiger partial charge in [0.25, 0.3) is 0 Å². The van der Waals surface area contributed by atoms with Gasteiger partial charge in [-0.15, -0.1) is 0 Å². The molecule has 102 valence electrons. The molecule has 0 aliphatic rings. The van der Waals surface area contributed by atoms with Crippen molar-refractivity contribution in [3.8, 4) is 6.07 Å². The zero-order valence-electron chi connectivity index (χ0n) is 10.7. The van der Waals surface area contributed by atoms with Crippen molar-refractivity contribution in [2.24, 2.45) is 0 Å². The third-order valence-corrected chi connectivity index (χ3v) is 3.91. The predicted molar refractivity (Wildman–Crippen MR) is 76.5 cm³/mol. The summed E-state index contributed by atoms with van der Waals surface area (Å²) in [4.78, 5) is 4.08. The number of rotatable bonds is 5. The number of aromatic nitrogens is 1. The van der Waals surface area contributed by atoms with Gasteiger partial charge < -0.3 is 0 Å². The highest BCUT2D eigenvalue weighted by Crippen LogP contribution is 2.12. The summed E-state index contributed by atoms with van der Waals surface area (Å²) < 4.78 is 26.4. The van der Waals surface area contributed by atoms with E-state index in [0.717, 1.165) is 5.69 Å². The average Bonchev–Trinajstić information content (AvgIpc) is 2.46. The number of pyridine rings is 1. The number of hydrogen-bond acceptors (Lipinski definition) is 4. The third kappa shape index (κ3) is 4.07. The normalized spacial score (nSPS) is 10.8. The largest absolute Gasteiger partial charge is 0.284 e. The smallest absolute Gasteiger partial charge is 0.233 e. The lowest BCUT2D eigenvalue weighted by atomic mass is 10.2. The van der Waals surface area contributed by atoms with Crippen LogP contribution >= 0.6 is 0 Å². The third-order valence-electron chi connectivity index (χ3n) is 2.62. The minimum Gasteiger partial charge on any atom is -0.284 e. The summed E-state index contributed by atoms with van der Waals surface area (Å²) in [7, 11) is -3.46. The highest BCUT2D eigenvalue weighted by atomic mass is 32.2. The van der Waals surface area contributed by atoms with E-state index in [-0.39, 0.29) is 5.75 Å². The van der Waals surface area contributed by atoms with E-state index < -0.39 is 10.0 Å². The Morgan fingerprint density at radius 3 is 2.75 bits per heavy atom. The van der Waals surface area contributed by atoms with Gasteiger partial charge in [-0.1, -0.05) is 12.1 Å². The monoisotopic (exact) mass is 287 g/mol. The first-order valence-corrected chi connectivity index (χ1v) is 7.65. The number of nitriles is 1. The Labute approximate surface area is 118 Å². The van der Waals surface area contributed by atoms with Gasteiger partial charge in [0.05, 0.1) is 17.4 Å². The molecule has 0 saturated heterocycles. The van der Waals surface area contributed by atoms with Gasteiger partial charge in [-0.25, -0.2) is 8.42 Å². The summed E-state index contributed by atoms with van der Waals surface area (Å²) in [5.41, 5.74) is 1.53. The molecule has 0 amide bonds. The van der Waals surface area contributed by atoms with Crippen molar-refractivity contribution in [1.29, 1.82) is 5.26 Å². The number of nitrogens with one attached hydrogen (secondary N) is 1. The molecule has 0 spiro atoms. The Kier molecular flexibility index (Phi) is 4.33. The molecule has 2 aromatic rings. The summed E-state index contributed by atoms with van der Waals surface area (Å²) in [6.45, 7) is 0. The molecule has 1 heterocycles. The van der Waals surface area contributed by atoms with Crippen LogP contribution < -0.4 is 4.72 Å². The van der Waals surface area contributed by atoms with Gasteiger partial charge in [-0.05, 0) is 30.3 Å². The van der Waals surface area contributed by atoms with Crippen molar-refractivity contribution in [3.05, 3.63) is 59.9 Å². The van der Waals surface area contributed by atoms with Crippen LogP contribution in [0.4, 0.5) is 5.69 Å². The lowest BCUT2D eigenvalue weighted by Gasteiger charge is -2.07. The second kappa shape index (κ2) is 6.17. The molecular formula is C14H13N3O2S. The Hall–Kier alpha value is -2.39. The first-order chi connectivity index (χ1) is 9.59. The van der Waals surface area contributed by atoms with Crippen molar-refractivity contribution in [3.63, 3.8) is 0 Å². The molecule has 6 heteroatoms. The zero-order chi connectivity index (χ0) is 14.4. The fourth-order valence-electron chi connectivity index (χ4n) is 1.67. The summed E-state index contributed by atoms with van der Waals surface area (Å²) in [5, 5.41) is 8.78. The molecule has 0 unspecified atom stereocenters. The van der Waals surface area contributed by atoms with Crippen molar-refractivity contribution >= 4 is 15.7 Å². The SMILES string of the molecule is N#Cc1cccc(NS(=O)(=O)CCc2ccccn2)c1. The van der Waals surface area contributed by atoms with Crippen molar-refractivity contribution in [1.82, 2.24) is 4.98 Å². The fraction of sp³-hybridized carbons (Fsp3) is 0.143. The number of aryl methyl sites for hydroxylation is 1. The van der Waals surface area contributed by atoms with Gasteiger partial charge in [0.2, 0.25) is 10.0 Å². The molecule has 0 aliphatic carbocycles. The van der Waals surface area contributed by atoms with Gasteiger partial charge in [0.15, 0.2) is 0 Å². The van der Waals surface area contributed by atoms with E-state index in [1.165, 1.54) is 6.07 Å². The van der Waals surface area contributed by atoms with Gasteiger partial charge in [0, 0.05) is 24.0 Å². The number of hydrogen-bond donors (Lipinski definition) is 1. The number of sulfonamides is 1. The van der Waals surface area contributed by atoms with Crippen LogP contribution in [0.2, 0.25) is 0 Å². The lowest BCUT2D eigenvalue weighted by molar-refractivity contribution is 0.600. The van der Waals surface area contributed by atoms with Crippen molar-refractivity contribution < 1.29 is 8.42 Å². The van der Waals surface area contributed by atoms with Crippen molar-refractivity contribution in [2.75, 3.05) is 10.5 Å². The van der Waals surface area contributed by atoms with Crippen LogP contribution in [0.3, 0.4) is 0 Å². The van der Waals surface area contributed by atoms with Crippen LogP contribution in [0.1, 0.15) is 11.3 Å². The van der Waals surface area contributed by atoms with E-state index in [2.05, 4.69) is 9.71 Å². The van der Waals surface area contributed by atoms with E-state index in [1.54, 1.807) is 36.5 Å². The topological polar surface area (TPSA) is 82.9 Å². The van der Waals surface area contributed by atoms with Crippen LogP contribution in [0.15, 0.2) is 48.7 Å². The molecule has 2 rings (SSSR count). The maximum Gasteiger partial charge on any atom is 0.233 e. The molecule has 0 saturated carbocycles. The zero-order valence-corrected chi connectivity index (χ0v) is 11.5. The van der Waals surface area contributed by atoms with E-state index >= 15 is 0 Å². The molecule has 0 aliphatic heterocycles. The minimum absolute atomic E-state index is 0.0548. The summed E-state index contributed by atoms with van der Waals surface area (Å²) in [6.07, 6.45) is 1.97. The van der Waals surface area contributed by atoms with Crippen LogP contribution in [0.5, 0.6) is 0 Å². The lowest BCUT2D eigenvalue weighted by Crippen LogP contribution is -2.18. The Morgan fingerprint density at radius 2 is 2.05 bits per heavy atom. The molecule has 0 radical (unpaired) electrons. The highest BCUT2D eigenvalue weighted by Gasteiger charge is 2.11. The molecule has 20 heavy (non-hydrogen) atoms. The summed E-state index contributed by atoms with van der Waals surface area (Å²) >= 11 is 0. The standard InChI is InChI=1S/C14H13N3O2S/c15-11-12-4-3-6-14(10-12)17-20(18,19)9-7-13-5-1-2-8-16-13/h1-6,8,10,17H,7,9H2. The summed E-state index contributed by atoms with van der Waals surface area (Å²) in [6, 6.07) is 13.7. The van der Waals surface area contributed by atoms with Gasteiger partial charge >= 0.3 is 0 Å². The fourth-order valence-corrected chi connectivity index (χ4v) is 2.73. The molecule has 1 aromatic heterocycles. The van der Waals surface area contributed by atoms with Crippen LogP contribution in [0, 0.1) is 11.3 Å². The Balaban J connectivity index is 2.02. The van der Waals surface area contributed by atoms with E-state index in [1.807, 2.05) is 12.1 Å². The second-order valence-corrected chi connectivity index (χ2v) is 6.03. The van der Waals surface area contributed by atoms with E-state index in [4.69, 9.17) is 5.26 Å². The molecule has 1 N–H and O–H groups in total. The summed E-state index contributed by atoms with van der Waals surface area (Å²) in [5.74, 6) is -0.0548. The van der Waals surface area contributed by atoms with E-state index in [9.17, 15) is 8.42 Å². The first kappa shape index (κ1) is 14.0. The second-order valence-electron chi connectivity index (χ2n) is 4.18. The van der Waals surface area contributed by atoms with Crippen LogP contribution in [-0.2, 0) is 16.4 Å². The van der Waals surface area contributed by atoms with Crippen LogP contribution in [-0.4, -0.2) is 19.2 Å². The average molecular weight is 287 g/mol. The van der Waals surface area contributed by atoms with Gasteiger partial charge in [-0.2, -0.15) is 5.26 Å². The molecule has 1 aromatic carbocycles. The molecular weight excluding hydrogens is 274 g/mol. The Bertz CT molecular complexity index is 722. The number of benzene rings is 1. The van der Waals surface area contributed by atoms with Crippen molar-refractivity contribution in [2.45, 2.75) is 6.42 Å². The number of nitrogens with zero attached hydrogens (tertiary/aromatic N) is 2. The quantitative estimate of drug-likeness (QED) is 0.911. The van der Waals surface area contributed by atoms with Gasteiger partial charge in [-0.3, -0.25) is 9.71 Å². The molecule has 0 fully saturated rings. The highest BCUT2D eigenvalue weighted by molar-refractivity contribution is 7.92. The molecule has 0 bridgehead atoms. The Morgan fingerprint density at radius 1 is 1.20 bits per heavy atom. The molecule has 0 atom stereocenters. The van der Waals surface area contributed by atoms with Crippen LogP contribution in [0.25, 0.3) is 0 Å². The number of anilines is 1. The predicted octanol–water partition coefficient (Wildman–Crippen LogP) is 1.94. The maximum absolute atomic E-state index is 12.0. The van der Waals surface area contributed by atoms with E-state index in [0.29, 0.717) is 17.7 Å². The minimum atomic E-state index is -3.46. The maximum atomic E-state index is 12.0. The first-order valence-electron chi connectivity index (χ1n) is 6.00.